The van der Waals surface area contributed by atoms with Gasteiger partial charge in [0, 0.05) is 10.2 Å². The molecule has 58 valence electrons. The maximum Gasteiger partial charge on any atom is 0.0119 e. The van der Waals surface area contributed by atoms with E-state index in [1.165, 1.54) is 21.4 Å². The van der Waals surface area contributed by atoms with Gasteiger partial charge in [-0.1, -0.05) is 43.8 Å². The fraction of sp³-hybridized carbons (Fsp3) is 0.200. The summed E-state index contributed by atoms with van der Waals surface area (Å²) >= 11 is 0. The second kappa shape index (κ2) is 3.53. The highest BCUT2D eigenvalue weighted by atomic mass is 28.1. The Hall–Kier alpha value is -0.823. The molecule has 0 aliphatic carbocycles. The van der Waals surface area contributed by atoms with Gasteiger partial charge in [0.25, 0.3) is 0 Å². The number of rotatable bonds is 2. The Morgan fingerprint density at radius 1 is 1.45 bits per heavy atom. The van der Waals surface area contributed by atoms with E-state index in [0.717, 1.165) is 5.54 Å². The van der Waals surface area contributed by atoms with Gasteiger partial charge in [-0.15, -0.1) is 0 Å². The minimum atomic E-state index is 0.726. The van der Waals surface area contributed by atoms with Crippen molar-refractivity contribution in [3.05, 3.63) is 42.0 Å². The largest absolute Gasteiger partial charge is 0.0985 e. The average molecular weight is 162 g/mol. The van der Waals surface area contributed by atoms with Crippen LogP contribution in [0.1, 0.15) is 23.6 Å². The Morgan fingerprint density at radius 2 is 2.09 bits per heavy atom. The van der Waals surface area contributed by atoms with Crippen molar-refractivity contribution in [3.63, 3.8) is 0 Å². The van der Waals surface area contributed by atoms with Gasteiger partial charge in [-0.2, -0.15) is 0 Å². The normalized spacial score (nSPS) is 12.8. The van der Waals surface area contributed by atoms with E-state index in [0.29, 0.717) is 0 Å². The molecule has 0 amide bonds. The van der Waals surface area contributed by atoms with E-state index in [-0.39, 0.29) is 0 Å². The first kappa shape index (κ1) is 8.28. The molecule has 0 bridgehead atoms. The smallest absolute Gasteiger partial charge is 0.0119 e. The van der Waals surface area contributed by atoms with Gasteiger partial charge in [-0.05, 0) is 16.7 Å². The molecule has 0 spiro atoms. The van der Waals surface area contributed by atoms with E-state index >= 15 is 0 Å². The predicted molar refractivity (Wildman–Crippen MR) is 54.9 cm³/mol. The second-order valence-electron chi connectivity index (χ2n) is 2.99. The first-order valence-corrected chi connectivity index (χ1v) is 5.12. The third-order valence-corrected chi connectivity index (χ3v) is 2.46. The van der Waals surface area contributed by atoms with Crippen LogP contribution in [0.3, 0.4) is 0 Å². The van der Waals surface area contributed by atoms with Crippen LogP contribution in [0.25, 0.3) is 6.08 Å². The van der Waals surface area contributed by atoms with Crippen molar-refractivity contribution in [2.45, 2.75) is 12.5 Å². The molecular weight excluding hydrogens is 148 g/mol. The van der Waals surface area contributed by atoms with Crippen LogP contribution in [0.5, 0.6) is 0 Å². The minimum Gasteiger partial charge on any atom is -0.0985 e. The molecule has 0 nitrogen and oxygen atoms in total. The summed E-state index contributed by atoms with van der Waals surface area (Å²) in [5.74, 6) is 0. The third-order valence-electron chi connectivity index (χ3n) is 1.84. The van der Waals surface area contributed by atoms with Crippen LogP contribution in [0.2, 0.25) is 0 Å². The van der Waals surface area contributed by atoms with Crippen molar-refractivity contribution in [1.82, 2.24) is 0 Å². The molecule has 1 aromatic carbocycles. The van der Waals surface area contributed by atoms with Crippen molar-refractivity contribution in [2.75, 3.05) is 0 Å². The quantitative estimate of drug-likeness (QED) is 0.581. The maximum absolute atomic E-state index is 3.79. The second-order valence-corrected chi connectivity index (χ2v) is 4.72. The van der Waals surface area contributed by atoms with Crippen LogP contribution in [-0.2, 0) is 0 Å². The lowest BCUT2D eigenvalue weighted by molar-refractivity contribution is 1.08. The summed E-state index contributed by atoms with van der Waals surface area (Å²) in [6.45, 7) is 6.05. The summed E-state index contributed by atoms with van der Waals surface area (Å²) in [6, 6.07) is 8.46. The third kappa shape index (κ3) is 1.81. The lowest BCUT2D eigenvalue weighted by atomic mass is 10.1. The van der Waals surface area contributed by atoms with Crippen LogP contribution >= 0.6 is 0 Å². The highest BCUT2D eigenvalue weighted by Gasteiger charge is 2.00. The lowest BCUT2D eigenvalue weighted by Gasteiger charge is -2.08. The molecule has 0 N–H and O–H groups in total. The van der Waals surface area contributed by atoms with Gasteiger partial charge in [-0.25, -0.2) is 0 Å². The van der Waals surface area contributed by atoms with Crippen molar-refractivity contribution >= 4 is 16.3 Å². The van der Waals surface area contributed by atoms with E-state index in [4.69, 9.17) is 0 Å². The van der Waals surface area contributed by atoms with E-state index in [9.17, 15) is 0 Å². The molecule has 0 aliphatic rings. The van der Waals surface area contributed by atoms with Gasteiger partial charge < -0.3 is 0 Å². The fourth-order valence-electron chi connectivity index (χ4n) is 1.22. The van der Waals surface area contributed by atoms with Crippen molar-refractivity contribution in [2.24, 2.45) is 0 Å². The Kier molecular flexibility index (Phi) is 2.66. The Morgan fingerprint density at radius 3 is 2.55 bits per heavy atom. The van der Waals surface area contributed by atoms with Crippen LogP contribution < -0.4 is 0 Å². The van der Waals surface area contributed by atoms with E-state index in [1.807, 2.05) is 6.08 Å². The first-order valence-electron chi connectivity index (χ1n) is 3.97. The molecule has 1 aromatic rings. The predicted octanol–water partition coefficient (Wildman–Crippen LogP) is 1.76. The van der Waals surface area contributed by atoms with Crippen LogP contribution in [0.15, 0.2) is 30.8 Å². The summed E-state index contributed by atoms with van der Waals surface area (Å²) in [5, 5.41) is 0. The molecule has 0 radical (unpaired) electrons. The standard InChI is InChI=1S/C10H14Si/c1-3-9-6-4-5-7-10(9)8(2)11/h3-8H,1H2,2,11H3. The minimum absolute atomic E-state index is 0.726. The monoisotopic (exact) mass is 162 g/mol. The zero-order valence-corrected chi connectivity index (χ0v) is 9.17. The van der Waals surface area contributed by atoms with E-state index in [2.05, 4.69) is 37.8 Å². The highest BCUT2D eigenvalue weighted by molar-refractivity contribution is 6.12. The van der Waals surface area contributed by atoms with Crippen molar-refractivity contribution in [3.8, 4) is 0 Å². The molecule has 0 saturated heterocycles. The Labute approximate surface area is 71.4 Å². The molecule has 1 heteroatoms. The Bertz CT molecular complexity index is 251. The zero-order valence-electron chi connectivity index (χ0n) is 7.17. The van der Waals surface area contributed by atoms with Gasteiger partial charge in [-0.3, -0.25) is 0 Å². The molecule has 0 fully saturated rings. The van der Waals surface area contributed by atoms with Gasteiger partial charge in [0.05, 0.1) is 0 Å². The van der Waals surface area contributed by atoms with Crippen molar-refractivity contribution < 1.29 is 0 Å². The molecule has 0 aromatic heterocycles. The topological polar surface area (TPSA) is 0 Å². The number of hydrogen-bond acceptors (Lipinski definition) is 0. The van der Waals surface area contributed by atoms with Crippen LogP contribution in [-0.4, -0.2) is 10.2 Å². The van der Waals surface area contributed by atoms with E-state index in [1.54, 1.807) is 0 Å². The number of benzene rings is 1. The molecule has 0 heterocycles. The summed E-state index contributed by atoms with van der Waals surface area (Å²) < 4.78 is 0. The first-order chi connectivity index (χ1) is 5.25. The molecule has 11 heavy (non-hydrogen) atoms. The fourth-order valence-corrected chi connectivity index (χ4v) is 1.75. The maximum atomic E-state index is 3.79. The summed E-state index contributed by atoms with van der Waals surface area (Å²) in [4.78, 5) is 0. The van der Waals surface area contributed by atoms with Gasteiger partial charge in [0.1, 0.15) is 0 Å². The molecule has 0 aliphatic heterocycles. The van der Waals surface area contributed by atoms with Gasteiger partial charge >= 0.3 is 0 Å². The molecule has 1 unspecified atom stereocenters. The zero-order chi connectivity index (χ0) is 8.27. The summed E-state index contributed by atoms with van der Waals surface area (Å²) in [5.41, 5.74) is 3.45. The van der Waals surface area contributed by atoms with Gasteiger partial charge in [0.15, 0.2) is 0 Å². The van der Waals surface area contributed by atoms with E-state index < -0.39 is 0 Å². The number of hydrogen-bond donors (Lipinski definition) is 0. The van der Waals surface area contributed by atoms with Crippen LogP contribution in [0, 0.1) is 0 Å². The highest BCUT2D eigenvalue weighted by Crippen LogP contribution is 2.17. The molecular formula is C10H14Si. The lowest BCUT2D eigenvalue weighted by Crippen LogP contribution is -1.94. The molecule has 1 atom stereocenters. The Balaban J connectivity index is 3.12. The van der Waals surface area contributed by atoms with Crippen molar-refractivity contribution in [1.29, 1.82) is 0 Å². The summed E-state index contributed by atoms with van der Waals surface area (Å²) in [7, 11) is 1.21. The average Bonchev–Trinajstić information content (AvgIpc) is 2.04. The SMILES string of the molecule is C=Cc1ccccc1C(C)[SiH3]. The molecule has 1 rings (SSSR count). The molecule has 0 saturated carbocycles. The van der Waals surface area contributed by atoms with Crippen LogP contribution in [0.4, 0.5) is 0 Å². The summed E-state index contributed by atoms with van der Waals surface area (Å²) in [6.07, 6.45) is 1.93. The van der Waals surface area contributed by atoms with Gasteiger partial charge in [0.2, 0.25) is 0 Å².